The Kier molecular flexibility index (Phi) is 1.80. The largest absolute Gasteiger partial charge is 0.229 e. The van der Waals surface area contributed by atoms with Crippen LogP contribution in [0.25, 0.3) is 0 Å². The molecule has 1 unspecified atom stereocenters. The molecule has 0 N–H and O–H groups in total. The summed E-state index contributed by atoms with van der Waals surface area (Å²) in [6.45, 7) is 2.02. The molecule has 0 amide bonds. The van der Waals surface area contributed by atoms with Gasteiger partial charge in [-0.2, -0.15) is 0 Å². The van der Waals surface area contributed by atoms with E-state index in [9.17, 15) is 8.42 Å². The van der Waals surface area contributed by atoms with Gasteiger partial charge in [-0.3, -0.25) is 0 Å². The SMILES string of the molecule is CCCC1CCS1(=O)=O. The molecule has 0 aromatic rings. The molecular formula is C6H12O2S. The van der Waals surface area contributed by atoms with Gasteiger partial charge in [0.25, 0.3) is 0 Å². The van der Waals surface area contributed by atoms with Crippen LogP contribution < -0.4 is 0 Å². The molecule has 9 heavy (non-hydrogen) atoms. The fourth-order valence-electron chi connectivity index (χ4n) is 1.12. The lowest BCUT2D eigenvalue weighted by molar-refractivity contribution is 0.532. The Hall–Kier alpha value is -0.0500. The normalized spacial score (nSPS) is 31.4. The van der Waals surface area contributed by atoms with E-state index < -0.39 is 9.84 Å². The molecule has 0 aromatic carbocycles. The predicted molar refractivity (Wildman–Crippen MR) is 37.1 cm³/mol. The maximum Gasteiger partial charge on any atom is 0.153 e. The first kappa shape index (κ1) is 7.06. The minimum Gasteiger partial charge on any atom is -0.229 e. The predicted octanol–water partition coefficient (Wildman–Crippen LogP) is 0.974. The summed E-state index contributed by atoms with van der Waals surface area (Å²) in [5.41, 5.74) is 0. The Morgan fingerprint density at radius 3 is 2.33 bits per heavy atom. The third-order valence-corrected chi connectivity index (χ3v) is 4.13. The van der Waals surface area contributed by atoms with E-state index in [0.29, 0.717) is 5.75 Å². The highest BCUT2D eigenvalue weighted by atomic mass is 32.2. The van der Waals surface area contributed by atoms with E-state index in [0.717, 1.165) is 19.3 Å². The average Bonchev–Trinajstić information content (AvgIpc) is 1.81. The van der Waals surface area contributed by atoms with Crippen LogP contribution in [0.1, 0.15) is 26.2 Å². The van der Waals surface area contributed by atoms with Gasteiger partial charge >= 0.3 is 0 Å². The molecule has 1 fully saturated rings. The van der Waals surface area contributed by atoms with Crippen molar-refractivity contribution in [1.82, 2.24) is 0 Å². The van der Waals surface area contributed by atoms with Crippen LogP contribution in [0.2, 0.25) is 0 Å². The molecule has 0 saturated carbocycles. The van der Waals surface area contributed by atoms with Gasteiger partial charge in [-0.05, 0) is 12.8 Å². The van der Waals surface area contributed by atoms with Gasteiger partial charge in [-0.15, -0.1) is 0 Å². The van der Waals surface area contributed by atoms with Crippen molar-refractivity contribution in [3.05, 3.63) is 0 Å². The topological polar surface area (TPSA) is 34.1 Å². The minimum atomic E-state index is -2.58. The second kappa shape index (κ2) is 2.29. The second-order valence-corrected chi connectivity index (χ2v) is 4.97. The number of hydrogen-bond acceptors (Lipinski definition) is 2. The molecule has 1 rings (SSSR count). The Balaban J connectivity index is 2.47. The van der Waals surface area contributed by atoms with Crippen molar-refractivity contribution < 1.29 is 8.42 Å². The van der Waals surface area contributed by atoms with Crippen LogP contribution in [-0.4, -0.2) is 19.4 Å². The summed E-state index contributed by atoms with van der Waals surface area (Å²) in [5.74, 6) is 0.428. The first-order valence-corrected chi connectivity index (χ1v) is 5.10. The summed E-state index contributed by atoms with van der Waals surface area (Å²) < 4.78 is 21.6. The molecule has 0 radical (unpaired) electrons. The quantitative estimate of drug-likeness (QED) is 0.585. The molecule has 1 heterocycles. The molecule has 1 atom stereocenters. The van der Waals surface area contributed by atoms with Gasteiger partial charge in [-0.25, -0.2) is 8.42 Å². The lowest BCUT2D eigenvalue weighted by Crippen LogP contribution is -2.36. The number of rotatable bonds is 2. The van der Waals surface area contributed by atoms with Crippen molar-refractivity contribution >= 4 is 9.84 Å². The zero-order valence-electron chi connectivity index (χ0n) is 5.63. The van der Waals surface area contributed by atoms with Crippen LogP contribution in [0.5, 0.6) is 0 Å². The van der Waals surface area contributed by atoms with Crippen LogP contribution >= 0.6 is 0 Å². The molecule has 3 heteroatoms. The van der Waals surface area contributed by atoms with Crippen molar-refractivity contribution in [3.8, 4) is 0 Å². The highest BCUT2D eigenvalue weighted by Crippen LogP contribution is 2.24. The molecule has 2 nitrogen and oxygen atoms in total. The van der Waals surface area contributed by atoms with Gasteiger partial charge in [0.1, 0.15) is 0 Å². The van der Waals surface area contributed by atoms with Crippen molar-refractivity contribution in [2.24, 2.45) is 0 Å². The average molecular weight is 148 g/mol. The number of sulfone groups is 1. The molecule has 54 valence electrons. The monoisotopic (exact) mass is 148 g/mol. The van der Waals surface area contributed by atoms with E-state index in [-0.39, 0.29) is 5.25 Å². The van der Waals surface area contributed by atoms with E-state index in [1.165, 1.54) is 0 Å². The summed E-state index contributed by atoms with van der Waals surface area (Å²) in [5, 5.41) is 0.0162. The minimum absolute atomic E-state index is 0.0162. The van der Waals surface area contributed by atoms with Crippen LogP contribution in [0.4, 0.5) is 0 Å². The standard InChI is InChI=1S/C6H12O2S/c1-2-3-6-4-5-9(6,7)8/h6H,2-5H2,1H3. The van der Waals surface area contributed by atoms with Crippen molar-refractivity contribution in [1.29, 1.82) is 0 Å². The molecule has 1 aliphatic heterocycles. The summed E-state index contributed by atoms with van der Waals surface area (Å²) in [7, 11) is -2.58. The van der Waals surface area contributed by atoms with Gasteiger partial charge in [-0.1, -0.05) is 13.3 Å². The second-order valence-electron chi connectivity index (χ2n) is 2.57. The molecular weight excluding hydrogens is 136 g/mol. The summed E-state index contributed by atoms with van der Waals surface area (Å²) in [6, 6.07) is 0. The summed E-state index contributed by atoms with van der Waals surface area (Å²) in [4.78, 5) is 0. The zero-order valence-corrected chi connectivity index (χ0v) is 6.45. The van der Waals surface area contributed by atoms with Crippen molar-refractivity contribution in [2.45, 2.75) is 31.4 Å². The molecule has 0 aromatic heterocycles. The van der Waals surface area contributed by atoms with Crippen LogP contribution in [0, 0.1) is 0 Å². The Morgan fingerprint density at radius 1 is 1.56 bits per heavy atom. The third kappa shape index (κ3) is 1.26. The van der Waals surface area contributed by atoms with Gasteiger partial charge in [0.15, 0.2) is 9.84 Å². The van der Waals surface area contributed by atoms with Crippen LogP contribution in [0.3, 0.4) is 0 Å². The van der Waals surface area contributed by atoms with Crippen LogP contribution in [0.15, 0.2) is 0 Å². The molecule has 1 saturated heterocycles. The molecule has 1 aliphatic rings. The van der Waals surface area contributed by atoms with Crippen LogP contribution in [-0.2, 0) is 9.84 Å². The fourth-order valence-corrected chi connectivity index (χ4v) is 2.67. The van der Waals surface area contributed by atoms with E-state index in [1.807, 2.05) is 6.92 Å². The fraction of sp³-hybridized carbons (Fsp3) is 1.00. The third-order valence-electron chi connectivity index (χ3n) is 1.84. The lowest BCUT2D eigenvalue weighted by Gasteiger charge is -2.24. The Bertz CT molecular complexity index is 181. The van der Waals surface area contributed by atoms with Gasteiger partial charge in [0, 0.05) is 0 Å². The van der Waals surface area contributed by atoms with E-state index in [1.54, 1.807) is 0 Å². The Labute approximate surface area is 56.2 Å². The van der Waals surface area contributed by atoms with Crippen molar-refractivity contribution in [3.63, 3.8) is 0 Å². The molecule has 0 aliphatic carbocycles. The van der Waals surface area contributed by atoms with Gasteiger partial charge < -0.3 is 0 Å². The summed E-state index contributed by atoms with van der Waals surface area (Å²) >= 11 is 0. The molecule has 0 bridgehead atoms. The first-order chi connectivity index (χ1) is 4.17. The van der Waals surface area contributed by atoms with Crippen molar-refractivity contribution in [2.75, 3.05) is 5.75 Å². The first-order valence-electron chi connectivity index (χ1n) is 3.38. The maximum absolute atomic E-state index is 10.8. The van der Waals surface area contributed by atoms with Gasteiger partial charge in [0.2, 0.25) is 0 Å². The smallest absolute Gasteiger partial charge is 0.153 e. The highest BCUT2D eigenvalue weighted by Gasteiger charge is 2.33. The Morgan fingerprint density at radius 2 is 2.22 bits per heavy atom. The molecule has 0 spiro atoms. The highest BCUT2D eigenvalue weighted by molar-refractivity contribution is 7.93. The number of hydrogen-bond donors (Lipinski definition) is 0. The van der Waals surface area contributed by atoms with E-state index >= 15 is 0 Å². The van der Waals surface area contributed by atoms with Gasteiger partial charge in [0.05, 0.1) is 11.0 Å². The lowest BCUT2D eigenvalue weighted by atomic mass is 10.2. The van der Waals surface area contributed by atoms with E-state index in [4.69, 9.17) is 0 Å². The maximum atomic E-state index is 10.8. The summed E-state index contributed by atoms with van der Waals surface area (Å²) in [6.07, 6.45) is 2.75. The zero-order chi connectivity index (χ0) is 6.91. The van der Waals surface area contributed by atoms with E-state index in [2.05, 4.69) is 0 Å².